The Labute approximate surface area is 123 Å². The third kappa shape index (κ3) is 3.46. The van der Waals surface area contributed by atoms with E-state index in [0.717, 1.165) is 24.0 Å². The smallest absolute Gasteiger partial charge is 0.137 e. The molecule has 4 nitrogen and oxygen atoms in total. The van der Waals surface area contributed by atoms with Gasteiger partial charge in [-0.15, -0.1) is 0 Å². The molecule has 1 heterocycles. The Morgan fingerprint density at radius 3 is 2.65 bits per heavy atom. The Morgan fingerprint density at radius 2 is 2.00 bits per heavy atom. The van der Waals surface area contributed by atoms with Crippen LogP contribution in [0.1, 0.15) is 30.5 Å². The Balaban J connectivity index is 2.26. The van der Waals surface area contributed by atoms with Gasteiger partial charge in [-0.1, -0.05) is 55.3 Å². The van der Waals surface area contributed by atoms with E-state index in [1.165, 1.54) is 6.33 Å². The van der Waals surface area contributed by atoms with E-state index in [1.807, 2.05) is 30.3 Å². The molecule has 20 heavy (non-hydrogen) atoms. The first-order valence-corrected chi connectivity index (χ1v) is 7.05. The summed E-state index contributed by atoms with van der Waals surface area (Å²) < 4.78 is 0. The first-order chi connectivity index (χ1) is 9.76. The lowest BCUT2D eigenvalue weighted by Crippen LogP contribution is -2.17. The second kappa shape index (κ2) is 7.22. The van der Waals surface area contributed by atoms with Crippen LogP contribution < -0.4 is 5.32 Å². The molecule has 0 fully saturated rings. The predicted molar refractivity (Wildman–Crippen MR) is 80.9 cm³/mol. The standard InChI is InChI=1S/C15H18ClN3O/c1-2-6-12-14(16)17-10-18-15(12)19-13(9-20)11-7-4-3-5-8-11/h3-5,7-8,10,13,20H,2,6,9H2,1H3,(H,17,18,19). The molecule has 2 aromatic rings. The molecule has 1 atom stereocenters. The number of rotatable bonds is 6. The third-order valence-electron chi connectivity index (χ3n) is 3.09. The first-order valence-electron chi connectivity index (χ1n) is 6.68. The summed E-state index contributed by atoms with van der Waals surface area (Å²) in [6.07, 6.45) is 3.19. The van der Waals surface area contributed by atoms with Gasteiger partial charge in [-0.3, -0.25) is 0 Å². The van der Waals surface area contributed by atoms with Crippen LogP contribution in [0.15, 0.2) is 36.7 Å². The molecule has 1 unspecified atom stereocenters. The van der Waals surface area contributed by atoms with Gasteiger partial charge in [-0.05, 0) is 12.0 Å². The van der Waals surface area contributed by atoms with Crippen molar-refractivity contribution in [2.24, 2.45) is 0 Å². The Kier molecular flexibility index (Phi) is 5.32. The van der Waals surface area contributed by atoms with Gasteiger partial charge in [0.2, 0.25) is 0 Å². The first kappa shape index (κ1) is 14.8. The average molecular weight is 292 g/mol. The molecular weight excluding hydrogens is 274 g/mol. The second-order valence-electron chi connectivity index (χ2n) is 4.53. The summed E-state index contributed by atoms with van der Waals surface area (Å²) >= 11 is 6.13. The molecule has 0 bridgehead atoms. The number of benzene rings is 1. The summed E-state index contributed by atoms with van der Waals surface area (Å²) in [6, 6.07) is 9.56. The van der Waals surface area contributed by atoms with E-state index >= 15 is 0 Å². The lowest BCUT2D eigenvalue weighted by Gasteiger charge is -2.19. The largest absolute Gasteiger partial charge is 0.394 e. The molecular formula is C15H18ClN3O. The SMILES string of the molecule is CCCc1c(Cl)ncnc1NC(CO)c1ccccc1. The highest BCUT2D eigenvalue weighted by atomic mass is 35.5. The van der Waals surface area contributed by atoms with Crippen molar-refractivity contribution in [3.63, 3.8) is 0 Å². The monoisotopic (exact) mass is 291 g/mol. The molecule has 1 aromatic heterocycles. The predicted octanol–water partition coefficient (Wildman–Crippen LogP) is 3.23. The van der Waals surface area contributed by atoms with Gasteiger partial charge in [0, 0.05) is 5.56 Å². The molecule has 5 heteroatoms. The summed E-state index contributed by atoms with van der Waals surface area (Å²) in [7, 11) is 0. The van der Waals surface area contributed by atoms with E-state index in [2.05, 4.69) is 22.2 Å². The van der Waals surface area contributed by atoms with E-state index in [4.69, 9.17) is 11.6 Å². The Morgan fingerprint density at radius 1 is 1.25 bits per heavy atom. The van der Waals surface area contributed by atoms with Gasteiger partial charge in [0.15, 0.2) is 0 Å². The van der Waals surface area contributed by atoms with E-state index in [9.17, 15) is 5.11 Å². The lowest BCUT2D eigenvalue weighted by molar-refractivity contribution is 0.276. The summed E-state index contributed by atoms with van der Waals surface area (Å²) in [5.74, 6) is 0.690. The zero-order valence-corrected chi connectivity index (χ0v) is 12.1. The van der Waals surface area contributed by atoms with E-state index in [-0.39, 0.29) is 12.6 Å². The number of hydrogen-bond acceptors (Lipinski definition) is 4. The van der Waals surface area contributed by atoms with Crippen LogP contribution in [0.2, 0.25) is 5.15 Å². The van der Waals surface area contributed by atoms with E-state index in [0.29, 0.717) is 11.0 Å². The van der Waals surface area contributed by atoms with Gasteiger partial charge in [0.1, 0.15) is 17.3 Å². The number of halogens is 1. The normalized spacial score (nSPS) is 12.2. The van der Waals surface area contributed by atoms with E-state index < -0.39 is 0 Å². The van der Waals surface area contributed by atoms with Crippen molar-refractivity contribution in [1.82, 2.24) is 9.97 Å². The molecule has 0 aliphatic heterocycles. The minimum absolute atomic E-state index is 0.0167. The Bertz CT molecular complexity index is 548. The molecule has 2 N–H and O–H groups in total. The maximum absolute atomic E-state index is 9.59. The number of nitrogens with zero attached hydrogens (tertiary/aromatic N) is 2. The van der Waals surface area contributed by atoms with E-state index in [1.54, 1.807) is 0 Å². The number of aliphatic hydroxyl groups excluding tert-OH is 1. The topological polar surface area (TPSA) is 58.0 Å². The van der Waals surface area contributed by atoms with Gasteiger partial charge in [-0.2, -0.15) is 0 Å². The lowest BCUT2D eigenvalue weighted by atomic mass is 10.1. The maximum Gasteiger partial charge on any atom is 0.137 e. The zero-order chi connectivity index (χ0) is 14.4. The number of nitrogens with one attached hydrogen (secondary N) is 1. The molecule has 0 spiro atoms. The van der Waals surface area contributed by atoms with Gasteiger partial charge in [0.05, 0.1) is 12.6 Å². The molecule has 0 aliphatic carbocycles. The van der Waals surface area contributed by atoms with Crippen molar-refractivity contribution in [3.05, 3.63) is 52.9 Å². The fourth-order valence-electron chi connectivity index (χ4n) is 2.07. The minimum atomic E-state index is -0.210. The summed E-state index contributed by atoms with van der Waals surface area (Å²) in [5.41, 5.74) is 1.90. The quantitative estimate of drug-likeness (QED) is 0.802. The van der Waals surface area contributed by atoms with Crippen molar-refractivity contribution in [2.45, 2.75) is 25.8 Å². The number of hydrogen-bond donors (Lipinski definition) is 2. The van der Waals surface area contributed by atoms with Crippen LogP contribution in [0, 0.1) is 0 Å². The van der Waals surface area contributed by atoms with Gasteiger partial charge in [0.25, 0.3) is 0 Å². The Hall–Kier alpha value is -1.65. The molecule has 106 valence electrons. The minimum Gasteiger partial charge on any atom is -0.394 e. The zero-order valence-electron chi connectivity index (χ0n) is 11.4. The summed E-state index contributed by atoms with van der Waals surface area (Å²) in [5, 5.41) is 13.3. The molecule has 2 rings (SSSR count). The highest BCUT2D eigenvalue weighted by Crippen LogP contribution is 2.25. The number of aliphatic hydroxyl groups is 1. The van der Waals surface area contributed by atoms with Crippen molar-refractivity contribution < 1.29 is 5.11 Å². The fraction of sp³-hybridized carbons (Fsp3) is 0.333. The van der Waals surface area contributed by atoms with Crippen molar-refractivity contribution in [2.75, 3.05) is 11.9 Å². The van der Waals surface area contributed by atoms with Crippen molar-refractivity contribution >= 4 is 17.4 Å². The van der Waals surface area contributed by atoms with Crippen LogP contribution in [-0.2, 0) is 6.42 Å². The maximum atomic E-state index is 9.59. The van der Waals surface area contributed by atoms with Crippen LogP contribution in [0.3, 0.4) is 0 Å². The molecule has 0 saturated heterocycles. The highest BCUT2D eigenvalue weighted by molar-refractivity contribution is 6.30. The van der Waals surface area contributed by atoms with Crippen LogP contribution in [-0.4, -0.2) is 21.7 Å². The molecule has 0 saturated carbocycles. The molecule has 0 radical (unpaired) electrons. The van der Waals surface area contributed by atoms with Crippen LogP contribution in [0.25, 0.3) is 0 Å². The molecule has 0 amide bonds. The number of anilines is 1. The van der Waals surface area contributed by atoms with Crippen LogP contribution >= 0.6 is 11.6 Å². The second-order valence-corrected chi connectivity index (χ2v) is 4.89. The average Bonchev–Trinajstić information content (AvgIpc) is 2.49. The van der Waals surface area contributed by atoms with Crippen molar-refractivity contribution in [3.8, 4) is 0 Å². The van der Waals surface area contributed by atoms with Gasteiger partial charge < -0.3 is 10.4 Å². The van der Waals surface area contributed by atoms with Crippen LogP contribution in [0.5, 0.6) is 0 Å². The third-order valence-corrected chi connectivity index (χ3v) is 3.41. The number of aromatic nitrogens is 2. The summed E-state index contributed by atoms with van der Waals surface area (Å²) in [6.45, 7) is 2.06. The van der Waals surface area contributed by atoms with Gasteiger partial charge >= 0.3 is 0 Å². The molecule has 1 aromatic carbocycles. The van der Waals surface area contributed by atoms with Crippen molar-refractivity contribution in [1.29, 1.82) is 0 Å². The highest BCUT2D eigenvalue weighted by Gasteiger charge is 2.15. The fourth-order valence-corrected chi connectivity index (χ4v) is 2.30. The molecule has 0 aliphatic rings. The summed E-state index contributed by atoms with van der Waals surface area (Å²) in [4.78, 5) is 8.27. The van der Waals surface area contributed by atoms with Crippen LogP contribution in [0.4, 0.5) is 5.82 Å². The van der Waals surface area contributed by atoms with Gasteiger partial charge in [-0.25, -0.2) is 9.97 Å².